The lowest BCUT2D eigenvalue weighted by atomic mass is 10.0. The molecule has 0 aliphatic rings. The summed E-state index contributed by atoms with van der Waals surface area (Å²) in [5.41, 5.74) is 4.11. The molecule has 0 radical (unpaired) electrons. The molecule has 3 heterocycles. The second-order valence-corrected chi connectivity index (χ2v) is 8.37. The van der Waals surface area contributed by atoms with E-state index in [0.717, 1.165) is 22.4 Å². The van der Waals surface area contributed by atoms with Crippen LogP contribution in [0.25, 0.3) is 22.4 Å². The van der Waals surface area contributed by atoms with Gasteiger partial charge in [-0.3, -0.25) is 14.6 Å². The Morgan fingerprint density at radius 1 is 1.06 bits per heavy atom. The molecule has 3 aromatic heterocycles. The molecule has 0 atom stereocenters. The summed E-state index contributed by atoms with van der Waals surface area (Å²) in [5, 5.41) is 5.48. The Labute approximate surface area is 192 Å². The lowest BCUT2D eigenvalue weighted by molar-refractivity contribution is -0.117. The van der Waals surface area contributed by atoms with E-state index < -0.39 is 5.91 Å². The molecule has 1 amide bonds. The maximum absolute atomic E-state index is 12.3. The van der Waals surface area contributed by atoms with Crippen LogP contribution in [0.4, 0.5) is 0 Å². The number of benzene rings is 1. The molecule has 0 unspecified atom stereocenters. The summed E-state index contributed by atoms with van der Waals surface area (Å²) in [6.07, 6.45) is 5.05. The lowest BCUT2D eigenvalue weighted by Gasteiger charge is -2.04. The van der Waals surface area contributed by atoms with Crippen molar-refractivity contribution < 1.29 is 9.59 Å². The highest BCUT2D eigenvalue weighted by atomic mass is 35.5. The number of H-pyrrole nitrogens is 1. The number of halogens is 2. The van der Waals surface area contributed by atoms with Crippen molar-refractivity contribution in [2.75, 3.05) is 6.54 Å². The van der Waals surface area contributed by atoms with Crippen LogP contribution in [0.15, 0.2) is 60.4 Å². The van der Waals surface area contributed by atoms with Gasteiger partial charge in [-0.2, -0.15) is 0 Å². The van der Waals surface area contributed by atoms with Crippen LogP contribution in [0, 0.1) is 0 Å². The summed E-state index contributed by atoms with van der Waals surface area (Å²) in [4.78, 5) is 35.7. The van der Waals surface area contributed by atoms with Crippen molar-refractivity contribution in [1.29, 1.82) is 0 Å². The standard InChI is InChI=1S/C22H16Cl2N4O2S/c23-20-17(11-26-21(20)24)22(30)27-10-16(29)9-19-28-18(12-31-19)15-3-1-2-14(8-15)13-4-6-25-7-5-13/h1-8,11-12,26H,9-10H2,(H,27,30). The molecule has 9 heteroatoms. The Morgan fingerprint density at radius 3 is 2.58 bits per heavy atom. The highest BCUT2D eigenvalue weighted by Crippen LogP contribution is 2.27. The average Bonchev–Trinajstić information content (AvgIpc) is 3.39. The van der Waals surface area contributed by atoms with Gasteiger partial charge in [0, 0.05) is 29.5 Å². The van der Waals surface area contributed by atoms with Gasteiger partial charge in [-0.15, -0.1) is 11.3 Å². The van der Waals surface area contributed by atoms with Crippen LogP contribution in [0.3, 0.4) is 0 Å². The first-order valence-electron chi connectivity index (χ1n) is 9.29. The predicted molar refractivity (Wildman–Crippen MR) is 123 cm³/mol. The van der Waals surface area contributed by atoms with Crippen LogP contribution in [-0.2, 0) is 11.2 Å². The van der Waals surface area contributed by atoms with Crippen molar-refractivity contribution >= 4 is 46.2 Å². The number of rotatable bonds is 7. The van der Waals surface area contributed by atoms with E-state index in [2.05, 4.69) is 26.3 Å². The summed E-state index contributed by atoms with van der Waals surface area (Å²) >= 11 is 13.1. The molecular weight excluding hydrogens is 455 g/mol. The third-order valence-electron chi connectivity index (χ3n) is 4.54. The van der Waals surface area contributed by atoms with Crippen LogP contribution >= 0.6 is 34.5 Å². The number of nitrogens with zero attached hydrogens (tertiary/aromatic N) is 2. The Bertz CT molecular complexity index is 1240. The second kappa shape index (κ2) is 9.43. The monoisotopic (exact) mass is 470 g/mol. The smallest absolute Gasteiger partial charge is 0.254 e. The highest BCUT2D eigenvalue weighted by molar-refractivity contribution is 7.10. The molecule has 31 heavy (non-hydrogen) atoms. The number of hydrogen-bond donors (Lipinski definition) is 2. The van der Waals surface area contributed by atoms with E-state index in [9.17, 15) is 9.59 Å². The minimum atomic E-state index is -0.464. The molecule has 1 aromatic carbocycles. The van der Waals surface area contributed by atoms with Crippen molar-refractivity contribution in [3.8, 4) is 22.4 Å². The van der Waals surface area contributed by atoms with Gasteiger partial charge in [-0.1, -0.05) is 41.4 Å². The third kappa shape index (κ3) is 5.02. The number of ketones is 1. The third-order valence-corrected chi connectivity index (χ3v) is 6.17. The molecule has 0 saturated heterocycles. The van der Waals surface area contributed by atoms with Gasteiger partial charge in [0.1, 0.15) is 10.2 Å². The zero-order valence-corrected chi connectivity index (χ0v) is 18.4. The number of hydrogen-bond acceptors (Lipinski definition) is 5. The Balaban J connectivity index is 1.38. The van der Waals surface area contributed by atoms with Crippen LogP contribution in [0.5, 0.6) is 0 Å². The molecule has 6 nitrogen and oxygen atoms in total. The van der Waals surface area contributed by atoms with E-state index in [0.29, 0.717) is 5.01 Å². The minimum absolute atomic E-state index is 0.121. The first kappa shape index (κ1) is 21.2. The van der Waals surface area contributed by atoms with Gasteiger partial charge >= 0.3 is 0 Å². The molecule has 0 aliphatic carbocycles. The van der Waals surface area contributed by atoms with Crippen molar-refractivity contribution in [2.45, 2.75) is 6.42 Å². The van der Waals surface area contributed by atoms with E-state index in [-0.39, 0.29) is 34.5 Å². The zero-order chi connectivity index (χ0) is 21.8. The summed E-state index contributed by atoms with van der Waals surface area (Å²) in [6, 6.07) is 11.9. The second-order valence-electron chi connectivity index (χ2n) is 6.67. The van der Waals surface area contributed by atoms with Crippen LogP contribution in [0.1, 0.15) is 15.4 Å². The van der Waals surface area contributed by atoms with Gasteiger partial charge in [0.15, 0.2) is 5.78 Å². The number of aromatic nitrogens is 3. The molecule has 0 saturated carbocycles. The number of aromatic amines is 1. The summed E-state index contributed by atoms with van der Waals surface area (Å²) in [5.74, 6) is -0.619. The molecule has 0 bridgehead atoms. The van der Waals surface area contributed by atoms with Crippen molar-refractivity contribution in [2.24, 2.45) is 0 Å². The van der Waals surface area contributed by atoms with E-state index in [4.69, 9.17) is 23.2 Å². The number of carbonyl (C=O) groups excluding carboxylic acids is 2. The van der Waals surface area contributed by atoms with Gasteiger partial charge < -0.3 is 10.3 Å². The lowest BCUT2D eigenvalue weighted by Crippen LogP contribution is -2.30. The first-order chi connectivity index (χ1) is 15.0. The number of amides is 1. The van der Waals surface area contributed by atoms with E-state index in [1.165, 1.54) is 17.5 Å². The van der Waals surface area contributed by atoms with Crippen LogP contribution < -0.4 is 5.32 Å². The molecule has 0 spiro atoms. The maximum Gasteiger partial charge on any atom is 0.254 e. The number of nitrogens with one attached hydrogen (secondary N) is 2. The fourth-order valence-electron chi connectivity index (χ4n) is 2.98. The fraction of sp³-hybridized carbons (Fsp3) is 0.0909. The normalized spacial score (nSPS) is 10.8. The Hall–Kier alpha value is -3.00. The quantitative estimate of drug-likeness (QED) is 0.395. The van der Waals surface area contributed by atoms with Crippen molar-refractivity contribution in [1.82, 2.24) is 20.3 Å². The molecule has 4 aromatic rings. The SMILES string of the molecule is O=C(CNC(=O)c1c[nH]c(Cl)c1Cl)Cc1nc(-c2cccc(-c3ccncc3)c2)cs1. The molecule has 0 fully saturated rings. The van der Waals surface area contributed by atoms with Gasteiger partial charge in [0.2, 0.25) is 0 Å². The summed E-state index contributed by atoms with van der Waals surface area (Å²) in [7, 11) is 0. The van der Waals surface area contributed by atoms with Crippen molar-refractivity contribution in [3.05, 3.63) is 81.1 Å². The van der Waals surface area contributed by atoms with Crippen molar-refractivity contribution in [3.63, 3.8) is 0 Å². The predicted octanol–water partition coefficient (Wildman–Crippen LogP) is 5.05. The average molecular weight is 471 g/mol. The zero-order valence-electron chi connectivity index (χ0n) is 16.1. The molecule has 4 rings (SSSR count). The first-order valence-corrected chi connectivity index (χ1v) is 10.9. The number of carbonyl (C=O) groups is 2. The largest absolute Gasteiger partial charge is 0.350 e. The summed E-state index contributed by atoms with van der Waals surface area (Å²) in [6.45, 7) is -0.121. The topological polar surface area (TPSA) is 87.7 Å². The fourth-order valence-corrected chi connectivity index (χ4v) is 4.16. The van der Waals surface area contributed by atoms with E-state index >= 15 is 0 Å². The molecule has 0 aliphatic heterocycles. The van der Waals surface area contributed by atoms with Gasteiger partial charge in [0.25, 0.3) is 5.91 Å². The van der Waals surface area contributed by atoms with Gasteiger partial charge in [-0.05, 0) is 29.3 Å². The molecular formula is C22H16Cl2N4O2S. The van der Waals surface area contributed by atoms with E-state index in [1.54, 1.807) is 12.4 Å². The maximum atomic E-state index is 12.3. The number of Topliss-reactive ketones (excluding diaryl/α,β-unsaturated/α-hetero) is 1. The Morgan fingerprint density at radius 2 is 1.84 bits per heavy atom. The van der Waals surface area contributed by atoms with E-state index in [1.807, 2.05) is 35.7 Å². The minimum Gasteiger partial charge on any atom is -0.350 e. The van der Waals surface area contributed by atoms with Gasteiger partial charge in [-0.25, -0.2) is 4.98 Å². The Kier molecular flexibility index (Phi) is 6.46. The molecule has 156 valence electrons. The van der Waals surface area contributed by atoms with Crippen LogP contribution in [0.2, 0.25) is 10.2 Å². The summed E-state index contributed by atoms with van der Waals surface area (Å²) < 4.78 is 0. The molecule has 2 N–H and O–H groups in total. The highest BCUT2D eigenvalue weighted by Gasteiger charge is 2.16. The number of thiazole rings is 1. The van der Waals surface area contributed by atoms with Gasteiger partial charge in [0.05, 0.1) is 29.2 Å². The number of pyridine rings is 1. The van der Waals surface area contributed by atoms with Crippen LogP contribution in [-0.4, -0.2) is 33.2 Å².